The van der Waals surface area contributed by atoms with Gasteiger partial charge in [0, 0.05) is 10.9 Å². The number of carbonyl (C=O) groups excluding carboxylic acids is 2. The first-order valence-corrected chi connectivity index (χ1v) is 9.56. The van der Waals surface area contributed by atoms with Gasteiger partial charge in [0.25, 0.3) is 0 Å². The number of Topliss-reactive ketones (excluding diaryl/α,β-unsaturated/α-hetero) is 1. The highest BCUT2D eigenvalue weighted by atomic mass is 16.5. The normalized spacial score (nSPS) is 10.7. The van der Waals surface area contributed by atoms with Gasteiger partial charge in [0.15, 0.2) is 11.6 Å². The lowest BCUT2D eigenvalue weighted by Gasteiger charge is -2.06. The molecule has 0 aliphatic rings. The molecule has 6 heteroatoms. The fraction of sp³-hybridized carbons (Fsp3) is 0.125. The average Bonchev–Trinajstić information content (AvgIpc) is 3.15. The van der Waals surface area contributed by atoms with Crippen LogP contribution in [0.3, 0.4) is 0 Å². The Labute approximate surface area is 173 Å². The summed E-state index contributed by atoms with van der Waals surface area (Å²) in [5.74, 6) is 1.07. The summed E-state index contributed by atoms with van der Waals surface area (Å²) in [5, 5.41) is 10.9. The number of H-pyrrole nitrogens is 1. The summed E-state index contributed by atoms with van der Waals surface area (Å²) in [6, 6.07) is 20.7. The highest BCUT2D eigenvalue weighted by Gasteiger charge is 2.12. The minimum Gasteiger partial charge on any atom is -0.497 e. The van der Waals surface area contributed by atoms with Gasteiger partial charge in [0.2, 0.25) is 5.91 Å². The maximum atomic E-state index is 12.5. The molecule has 0 spiro atoms. The number of methoxy groups -OCH3 is 1. The molecule has 0 atom stereocenters. The monoisotopic (exact) mass is 399 g/mol. The number of ketones is 1. The molecule has 1 amide bonds. The van der Waals surface area contributed by atoms with Crippen LogP contribution in [-0.2, 0) is 11.2 Å². The van der Waals surface area contributed by atoms with Gasteiger partial charge >= 0.3 is 0 Å². The molecule has 1 heterocycles. The molecule has 3 aromatic carbocycles. The van der Waals surface area contributed by atoms with Crippen molar-refractivity contribution in [3.05, 3.63) is 77.9 Å². The van der Waals surface area contributed by atoms with Crippen molar-refractivity contribution >= 4 is 28.4 Å². The van der Waals surface area contributed by atoms with Gasteiger partial charge in [0.1, 0.15) is 5.75 Å². The second-order valence-electron chi connectivity index (χ2n) is 7.05. The molecule has 0 unspecified atom stereocenters. The molecule has 0 bridgehead atoms. The van der Waals surface area contributed by atoms with Crippen LogP contribution in [0.15, 0.2) is 66.7 Å². The van der Waals surface area contributed by atoms with Crippen LogP contribution in [0, 0.1) is 0 Å². The van der Waals surface area contributed by atoms with Crippen molar-refractivity contribution in [1.29, 1.82) is 0 Å². The van der Waals surface area contributed by atoms with Gasteiger partial charge in [0.05, 0.1) is 19.0 Å². The Bertz CT molecular complexity index is 1240. The van der Waals surface area contributed by atoms with Crippen molar-refractivity contribution in [2.75, 3.05) is 12.4 Å². The summed E-state index contributed by atoms with van der Waals surface area (Å²) in [4.78, 5) is 24.1. The average molecular weight is 399 g/mol. The van der Waals surface area contributed by atoms with Crippen molar-refractivity contribution in [1.82, 2.24) is 10.2 Å². The third-order valence-electron chi connectivity index (χ3n) is 4.92. The summed E-state index contributed by atoms with van der Waals surface area (Å²) in [7, 11) is 1.60. The number of benzene rings is 3. The number of hydrogen-bond acceptors (Lipinski definition) is 4. The predicted octanol–water partition coefficient (Wildman–Crippen LogP) is 4.62. The standard InChI is InChI=1S/C24H21N3O3/c1-15(28)17-6-4-7-18(13-17)19-9-10-21-22(14-19)26-27-24(21)25-23(29)12-16-5-3-8-20(11-16)30-2/h3-11,13-14H,12H2,1-2H3,(H2,25,26,27,29). The van der Waals surface area contributed by atoms with Gasteiger partial charge in [-0.3, -0.25) is 14.7 Å². The van der Waals surface area contributed by atoms with Crippen LogP contribution in [-0.4, -0.2) is 29.0 Å². The molecule has 150 valence electrons. The van der Waals surface area contributed by atoms with E-state index in [4.69, 9.17) is 4.74 Å². The Morgan fingerprint density at radius 1 is 1.00 bits per heavy atom. The van der Waals surface area contributed by atoms with Gasteiger partial charge in [-0.15, -0.1) is 0 Å². The first kappa shape index (κ1) is 19.4. The van der Waals surface area contributed by atoms with E-state index in [0.717, 1.165) is 27.6 Å². The van der Waals surface area contributed by atoms with Gasteiger partial charge in [-0.2, -0.15) is 5.10 Å². The first-order chi connectivity index (χ1) is 14.5. The molecule has 0 radical (unpaired) electrons. The minimum atomic E-state index is -0.158. The maximum absolute atomic E-state index is 12.5. The van der Waals surface area contributed by atoms with Crippen molar-refractivity contribution < 1.29 is 14.3 Å². The molecule has 0 aliphatic heterocycles. The largest absolute Gasteiger partial charge is 0.497 e. The molecular weight excluding hydrogens is 378 g/mol. The number of amides is 1. The van der Waals surface area contributed by atoms with E-state index in [2.05, 4.69) is 15.5 Å². The van der Waals surface area contributed by atoms with E-state index >= 15 is 0 Å². The molecule has 4 rings (SSSR count). The van der Waals surface area contributed by atoms with Crippen LogP contribution in [0.4, 0.5) is 5.82 Å². The van der Waals surface area contributed by atoms with E-state index in [0.29, 0.717) is 17.1 Å². The molecule has 1 aromatic heterocycles. The highest BCUT2D eigenvalue weighted by molar-refractivity contribution is 6.01. The molecule has 2 N–H and O–H groups in total. The van der Waals surface area contributed by atoms with Crippen molar-refractivity contribution in [3.8, 4) is 16.9 Å². The van der Waals surface area contributed by atoms with E-state index in [-0.39, 0.29) is 18.1 Å². The van der Waals surface area contributed by atoms with Crippen LogP contribution >= 0.6 is 0 Å². The van der Waals surface area contributed by atoms with Crippen LogP contribution < -0.4 is 10.1 Å². The fourth-order valence-electron chi connectivity index (χ4n) is 3.36. The van der Waals surface area contributed by atoms with Crippen molar-refractivity contribution in [2.45, 2.75) is 13.3 Å². The Morgan fingerprint density at radius 2 is 1.80 bits per heavy atom. The van der Waals surface area contributed by atoms with E-state index in [9.17, 15) is 9.59 Å². The Hall–Kier alpha value is -3.93. The van der Waals surface area contributed by atoms with E-state index in [1.54, 1.807) is 20.1 Å². The Kier molecular flexibility index (Phi) is 5.30. The number of anilines is 1. The Morgan fingerprint density at radius 3 is 2.60 bits per heavy atom. The molecular formula is C24H21N3O3. The summed E-state index contributed by atoms with van der Waals surface area (Å²) in [6.45, 7) is 1.55. The first-order valence-electron chi connectivity index (χ1n) is 9.56. The smallest absolute Gasteiger partial charge is 0.230 e. The second-order valence-corrected chi connectivity index (χ2v) is 7.05. The third kappa shape index (κ3) is 4.07. The number of rotatable bonds is 6. The number of carbonyl (C=O) groups is 2. The third-order valence-corrected chi connectivity index (χ3v) is 4.92. The molecule has 0 aliphatic carbocycles. The summed E-state index contributed by atoms with van der Waals surface area (Å²) in [6.07, 6.45) is 0.224. The molecule has 0 fully saturated rings. The molecule has 0 saturated carbocycles. The summed E-state index contributed by atoms with van der Waals surface area (Å²) < 4.78 is 5.20. The molecule has 4 aromatic rings. The lowest BCUT2D eigenvalue weighted by molar-refractivity contribution is -0.115. The van der Waals surface area contributed by atoms with Crippen LogP contribution in [0.25, 0.3) is 22.0 Å². The van der Waals surface area contributed by atoms with Gasteiger partial charge in [-0.05, 0) is 53.9 Å². The van der Waals surface area contributed by atoms with Gasteiger partial charge < -0.3 is 10.1 Å². The number of aromatic amines is 1. The number of ether oxygens (including phenoxy) is 1. The van der Waals surface area contributed by atoms with Crippen LogP contribution in [0.2, 0.25) is 0 Å². The lowest BCUT2D eigenvalue weighted by atomic mass is 10.0. The van der Waals surface area contributed by atoms with Gasteiger partial charge in [-0.1, -0.05) is 36.4 Å². The van der Waals surface area contributed by atoms with Crippen LogP contribution in [0.5, 0.6) is 5.75 Å². The zero-order chi connectivity index (χ0) is 21.1. The topological polar surface area (TPSA) is 84.1 Å². The molecule has 30 heavy (non-hydrogen) atoms. The summed E-state index contributed by atoms with van der Waals surface area (Å²) >= 11 is 0. The predicted molar refractivity (Wildman–Crippen MR) is 117 cm³/mol. The molecule has 0 saturated heterocycles. The quantitative estimate of drug-likeness (QED) is 0.463. The minimum absolute atomic E-state index is 0.0282. The number of fused-ring (bicyclic) bond motifs is 1. The second kappa shape index (κ2) is 8.21. The van der Waals surface area contributed by atoms with Crippen molar-refractivity contribution in [2.24, 2.45) is 0 Å². The van der Waals surface area contributed by atoms with E-state index in [1.165, 1.54) is 0 Å². The number of nitrogens with one attached hydrogen (secondary N) is 2. The fourth-order valence-corrected chi connectivity index (χ4v) is 3.36. The Balaban J connectivity index is 1.54. The van der Waals surface area contributed by atoms with Gasteiger partial charge in [-0.25, -0.2) is 0 Å². The highest BCUT2D eigenvalue weighted by Crippen LogP contribution is 2.28. The number of hydrogen-bond donors (Lipinski definition) is 2. The number of nitrogens with zero attached hydrogens (tertiary/aromatic N) is 1. The summed E-state index contributed by atoms with van der Waals surface area (Å²) in [5.41, 5.74) is 4.24. The van der Waals surface area contributed by atoms with E-state index in [1.807, 2.05) is 60.7 Å². The van der Waals surface area contributed by atoms with E-state index < -0.39 is 0 Å². The van der Waals surface area contributed by atoms with Crippen LogP contribution in [0.1, 0.15) is 22.8 Å². The maximum Gasteiger partial charge on any atom is 0.230 e. The zero-order valence-corrected chi connectivity index (χ0v) is 16.7. The molecule has 6 nitrogen and oxygen atoms in total. The number of aromatic nitrogens is 2. The SMILES string of the molecule is COc1cccc(CC(=O)Nc2n[nH]c3cc(-c4cccc(C(C)=O)c4)ccc23)c1. The van der Waals surface area contributed by atoms with Crippen molar-refractivity contribution in [3.63, 3.8) is 0 Å². The zero-order valence-electron chi connectivity index (χ0n) is 16.7. The lowest BCUT2D eigenvalue weighted by Crippen LogP contribution is -2.14.